The maximum absolute atomic E-state index is 5.44. The van der Waals surface area contributed by atoms with Crippen molar-refractivity contribution in [3.05, 3.63) is 66.2 Å². The van der Waals surface area contributed by atoms with Gasteiger partial charge in [-0.05, 0) is 55.8 Å². The summed E-state index contributed by atoms with van der Waals surface area (Å²) in [5, 5.41) is 4.31. The van der Waals surface area contributed by atoms with Gasteiger partial charge in [0, 0.05) is 48.1 Å². The molecule has 168 valence electrons. The third-order valence-electron chi connectivity index (χ3n) is 5.61. The molecule has 0 atom stereocenters. The Morgan fingerprint density at radius 1 is 1.00 bits per heavy atom. The summed E-state index contributed by atoms with van der Waals surface area (Å²) >= 11 is 1.64. The molecule has 4 heterocycles. The fourth-order valence-corrected chi connectivity index (χ4v) is 4.85. The molecule has 4 aromatic rings. The molecule has 7 nitrogen and oxygen atoms in total. The molecule has 3 aromatic heterocycles. The Kier molecular flexibility index (Phi) is 6.28. The Balaban J connectivity index is 1.35. The molecule has 0 saturated carbocycles. The Labute approximate surface area is 197 Å². The van der Waals surface area contributed by atoms with Crippen LogP contribution in [0.15, 0.2) is 54.9 Å². The second-order valence-electron chi connectivity index (χ2n) is 7.86. The van der Waals surface area contributed by atoms with Crippen molar-refractivity contribution < 1.29 is 4.74 Å². The normalized spacial score (nSPS) is 13.8. The average molecular weight is 459 g/mol. The second-order valence-corrected chi connectivity index (χ2v) is 8.86. The van der Waals surface area contributed by atoms with Crippen LogP contribution in [-0.4, -0.2) is 46.2 Å². The van der Waals surface area contributed by atoms with Gasteiger partial charge in [-0.3, -0.25) is 4.98 Å². The van der Waals surface area contributed by atoms with Gasteiger partial charge in [0.2, 0.25) is 5.95 Å². The first-order valence-corrected chi connectivity index (χ1v) is 12.0. The van der Waals surface area contributed by atoms with Crippen LogP contribution in [-0.2, 0) is 11.2 Å². The Bertz CT molecular complexity index is 1230. The van der Waals surface area contributed by atoms with Crippen molar-refractivity contribution in [1.82, 2.24) is 19.9 Å². The summed E-state index contributed by atoms with van der Waals surface area (Å²) in [6.07, 6.45) is 4.54. The van der Waals surface area contributed by atoms with E-state index >= 15 is 0 Å². The van der Waals surface area contributed by atoms with Gasteiger partial charge in [0.1, 0.15) is 5.01 Å². The Morgan fingerprint density at radius 3 is 2.58 bits per heavy atom. The van der Waals surface area contributed by atoms with Crippen molar-refractivity contribution in [1.29, 1.82) is 0 Å². The van der Waals surface area contributed by atoms with E-state index < -0.39 is 0 Å². The van der Waals surface area contributed by atoms with Crippen molar-refractivity contribution >= 4 is 28.7 Å². The predicted molar refractivity (Wildman–Crippen MR) is 133 cm³/mol. The lowest BCUT2D eigenvalue weighted by Gasteiger charge is -2.28. The van der Waals surface area contributed by atoms with E-state index in [0.29, 0.717) is 5.95 Å². The zero-order valence-corrected chi connectivity index (χ0v) is 19.6. The summed E-state index contributed by atoms with van der Waals surface area (Å²) in [4.78, 5) is 21.8. The van der Waals surface area contributed by atoms with E-state index in [1.54, 1.807) is 17.5 Å². The monoisotopic (exact) mass is 458 g/mol. The van der Waals surface area contributed by atoms with Gasteiger partial charge >= 0.3 is 0 Å². The molecule has 0 aliphatic carbocycles. The molecule has 0 bridgehead atoms. The topological polar surface area (TPSA) is 76.1 Å². The number of rotatable bonds is 6. The highest BCUT2D eigenvalue weighted by Gasteiger charge is 2.14. The molecule has 1 fully saturated rings. The maximum atomic E-state index is 5.44. The van der Waals surface area contributed by atoms with E-state index in [0.717, 1.165) is 70.9 Å². The van der Waals surface area contributed by atoms with E-state index in [-0.39, 0.29) is 0 Å². The third kappa shape index (κ3) is 4.86. The minimum Gasteiger partial charge on any atom is -0.378 e. The molecule has 1 aromatic carbocycles. The van der Waals surface area contributed by atoms with Crippen molar-refractivity contribution in [3.8, 4) is 21.1 Å². The summed E-state index contributed by atoms with van der Waals surface area (Å²) in [6, 6.07) is 14.4. The maximum Gasteiger partial charge on any atom is 0.227 e. The van der Waals surface area contributed by atoms with Gasteiger partial charge in [-0.25, -0.2) is 15.0 Å². The number of morpholine rings is 1. The van der Waals surface area contributed by atoms with Crippen molar-refractivity contribution in [2.24, 2.45) is 0 Å². The van der Waals surface area contributed by atoms with E-state index in [2.05, 4.69) is 57.4 Å². The lowest BCUT2D eigenvalue weighted by molar-refractivity contribution is 0.122. The molecular weight excluding hydrogens is 432 g/mol. The van der Waals surface area contributed by atoms with Crippen molar-refractivity contribution in [2.75, 3.05) is 36.5 Å². The molecule has 0 spiro atoms. The third-order valence-corrected chi connectivity index (χ3v) is 6.84. The molecular formula is C25H26N6OS. The Hall–Kier alpha value is -3.36. The van der Waals surface area contributed by atoms with E-state index in [1.807, 2.05) is 25.3 Å². The van der Waals surface area contributed by atoms with Crippen LogP contribution in [0.2, 0.25) is 0 Å². The van der Waals surface area contributed by atoms with Gasteiger partial charge in [0.15, 0.2) is 0 Å². The molecule has 0 amide bonds. The van der Waals surface area contributed by atoms with Gasteiger partial charge < -0.3 is 15.0 Å². The standard InChI is InChI=1S/C25H26N6OS/c1-3-19-16-18(8-10-26-19)24-28-17(2)23(33-24)22-9-11-27-25(30-22)29-20-4-6-21(7-5-20)31-12-14-32-15-13-31/h4-11,16H,3,12-15H2,1-2H3,(H,27,29,30). The number of anilines is 3. The molecule has 0 radical (unpaired) electrons. The SMILES string of the molecule is CCc1cc(-c2nc(C)c(-c3ccnc(Nc4ccc(N5CCOCC5)cc4)n3)s2)ccn1. The van der Waals surface area contributed by atoms with Crippen LogP contribution in [0.4, 0.5) is 17.3 Å². The van der Waals surface area contributed by atoms with Crippen LogP contribution in [0.1, 0.15) is 18.3 Å². The average Bonchev–Trinajstić information content (AvgIpc) is 3.27. The highest BCUT2D eigenvalue weighted by molar-refractivity contribution is 7.18. The smallest absolute Gasteiger partial charge is 0.227 e. The minimum atomic E-state index is 0.568. The molecule has 1 aliphatic heterocycles. The lowest BCUT2D eigenvalue weighted by atomic mass is 10.2. The van der Waals surface area contributed by atoms with E-state index in [9.17, 15) is 0 Å². The van der Waals surface area contributed by atoms with Crippen LogP contribution in [0.3, 0.4) is 0 Å². The van der Waals surface area contributed by atoms with Gasteiger partial charge in [-0.15, -0.1) is 11.3 Å². The number of aryl methyl sites for hydroxylation is 2. The molecule has 1 aliphatic rings. The highest BCUT2D eigenvalue weighted by atomic mass is 32.1. The fourth-order valence-electron chi connectivity index (χ4n) is 3.81. The first-order chi connectivity index (χ1) is 16.2. The fraction of sp³-hybridized carbons (Fsp3) is 0.280. The van der Waals surface area contributed by atoms with Crippen LogP contribution in [0.25, 0.3) is 21.1 Å². The van der Waals surface area contributed by atoms with Gasteiger partial charge in [0.25, 0.3) is 0 Å². The number of hydrogen-bond donors (Lipinski definition) is 1. The first kappa shape index (κ1) is 21.5. The molecule has 33 heavy (non-hydrogen) atoms. The number of benzene rings is 1. The summed E-state index contributed by atoms with van der Waals surface area (Å²) < 4.78 is 5.44. The summed E-state index contributed by atoms with van der Waals surface area (Å²) in [5.74, 6) is 0.568. The molecule has 1 N–H and O–H groups in total. The van der Waals surface area contributed by atoms with E-state index in [4.69, 9.17) is 14.7 Å². The molecule has 5 rings (SSSR count). The van der Waals surface area contributed by atoms with Crippen LogP contribution in [0.5, 0.6) is 0 Å². The van der Waals surface area contributed by atoms with Gasteiger partial charge in [-0.2, -0.15) is 0 Å². The van der Waals surface area contributed by atoms with Crippen molar-refractivity contribution in [2.45, 2.75) is 20.3 Å². The summed E-state index contributed by atoms with van der Waals surface area (Å²) in [7, 11) is 0. The quantitative estimate of drug-likeness (QED) is 0.430. The molecule has 1 saturated heterocycles. The van der Waals surface area contributed by atoms with Crippen molar-refractivity contribution in [3.63, 3.8) is 0 Å². The van der Waals surface area contributed by atoms with Gasteiger partial charge in [-0.1, -0.05) is 6.92 Å². The van der Waals surface area contributed by atoms with Gasteiger partial charge in [0.05, 0.1) is 29.5 Å². The van der Waals surface area contributed by atoms with E-state index in [1.165, 1.54) is 5.69 Å². The number of nitrogens with one attached hydrogen (secondary N) is 1. The predicted octanol–water partition coefficient (Wildman–Crippen LogP) is 5.11. The number of pyridine rings is 1. The zero-order chi connectivity index (χ0) is 22.6. The number of aromatic nitrogens is 4. The largest absolute Gasteiger partial charge is 0.378 e. The first-order valence-electron chi connectivity index (χ1n) is 11.2. The van der Waals surface area contributed by atoms with Crippen LogP contribution >= 0.6 is 11.3 Å². The number of nitrogens with zero attached hydrogens (tertiary/aromatic N) is 5. The highest BCUT2D eigenvalue weighted by Crippen LogP contribution is 2.34. The summed E-state index contributed by atoms with van der Waals surface area (Å²) in [5.41, 5.74) is 6.14. The number of ether oxygens (including phenoxy) is 1. The van der Waals surface area contributed by atoms with Crippen LogP contribution in [0, 0.1) is 6.92 Å². The minimum absolute atomic E-state index is 0.568. The van der Waals surface area contributed by atoms with Crippen LogP contribution < -0.4 is 10.2 Å². The second kappa shape index (κ2) is 9.64. The lowest BCUT2D eigenvalue weighted by Crippen LogP contribution is -2.36. The Morgan fingerprint density at radius 2 is 1.79 bits per heavy atom. The number of hydrogen-bond acceptors (Lipinski definition) is 8. The molecule has 8 heteroatoms. The summed E-state index contributed by atoms with van der Waals surface area (Å²) in [6.45, 7) is 7.54. The number of thiazole rings is 1. The molecule has 0 unspecified atom stereocenters. The zero-order valence-electron chi connectivity index (χ0n) is 18.8.